The summed E-state index contributed by atoms with van der Waals surface area (Å²) in [6.07, 6.45) is 7.29. The minimum absolute atomic E-state index is 0.426. The van der Waals surface area contributed by atoms with Crippen molar-refractivity contribution in [1.82, 2.24) is 10.2 Å². The summed E-state index contributed by atoms with van der Waals surface area (Å²) in [5.41, 5.74) is 1.32. The van der Waals surface area contributed by atoms with E-state index >= 15 is 0 Å². The molecule has 1 atom stereocenters. The Morgan fingerprint density at radius 1 is 1.35 bits per heavy atom. The Hall–Kier alpha value is -0.840. The molecule has 112 valence electrons. The van der Waals surface area contributed by atoms with Gasteiger partial charge in [-0.25, -0.2) is 0 Å². The van der Waals surface area contributed by atoms with Crippen LogP contribution in [0.25, 0.3) is 0 Å². The first kappa shape index (κ1) is 14.1. The molecule has 0 aromatic carbocycles. The summed E-state index contributed by atoms with van der Waals surface area (Å²) in [6.45, 7) is 7.08. The fourth-order valence-corrected chi connectivity index (χ4v) is 2.81. The Labute approximate surface area is 121 Å². The third-order valence-corrected chi connectivity index (χ3v) is 4.29. The summed E-state index contributed by atoms with van der Waals surface area (Å²) in [5, 5.41) is 3.53. The first-order valence-corrected chi connectivity index (χ1v) is 7.97. The van der Waals surface area contributed by atoms with Crippen LogP contribution < -0.4 is 5.32 Å². The van der Waals surface area contributed by atoms with Crippen molar-refractivity contribution < 1.29 is 9.15 Å². The molecule has 3 rings (SSSR count). The smallest absolute Gasteiger partial charge is 0.122 e. The van der Waals surface area contributed by atoms with Crippen LogP contribution in [0.15, 0.2) is 16.7 Å². The number of hydrogen-bond acceptors (Lipinski definition) is 4. The van der Waals surface area contributed by atoms with E-state index in [0.29, 0.717) is 6.10 Å². The number of likely N-dealkylation sites (N-methyl/N-ethyl adjacent to an activating group) is 1. The molecular formula is C16H26N2O2. The highest BCUT2D eigenvalue weighted by molar-refractivity contribution is 5.17. The Balaban J connectivity index is 1.52. The highest BCUT2D eigenvalue weighted by Crippen LogP contribution is 2.21. The van der Waals surface area contributed by atoms with Gasteiger partial charge in [-0.1, -0.05) is 6.92 Å². The molecule has 1 N–H and O–H groups in total. The van der Waals surface area contributed by atoms with E-state index in [2.05, 4.69) is 23.2 Å². The van der Waals surface area contributed by atoms with Crippen molar-refractivity contribution in [1.29, 1.82) is 0 Å². The predicted molar refractivity (Wildman–Crippen MR) is 78.5 cm³/mol. The van der Waals surface area contributed by atoms with E-state index in [1.54, 1.807) is 0 Å². The van der Waals surface area contributed by atoms with Crippen molar-refractivity contribution in [3.8, 4) is 0 Å². The molecule has 2 heterocycles. The number of nitrogens with one attached hydrogen (secondary N) is 1. The summed E-state index contributed by atoms with van der Waals surface area (Å²) in [4.78, 5) is 2.46. The van der Waals surface area contributed by atoms with Crippen molar-refractivity contribution in [3.63, 3.8) is 0 Å². The topological polar surface area (TPSA) is 37.6 Å². The molecule has 1 aliphatic heterocycles. The summed E-state index contributed by atoms with van der Waals surface area (Å²) in [5.74, 6) is 1.10. The van der Waals surface area contributed by atoms with Crippen molar-refractivity contribution in [2.75, 3.05) is 19.7 Å². The van der Waals surface area contributed by atoms with Gasteiger partial charge in [0, 0.05) is 31.3 Å². The van der Waals surface area contributed by atoms with Crippen LogP contribution in [0.1, 0.15) is 43.9 Å². The van der Waals surface area contributed by atoms with Crippen molar-refractivity contribution >= 4 is 0 Å². The number of hydrogen-bond donors (Lipinski definition) is 1. The molecule has 0 radical (unpaired) electrons. The lowest BCUT2D eigenvalue weighted by atomic mass is 10.2. The van der Waals surface area contributed by atoms with Crippen LogP contribution in [0.5, 0.6) is 0 Å². The van der Waals surface area contributed by atoms with Gasteiger partial charge >= 0.3 is 0 Å². The number of nitrogens with zero attached hydrogens (tertiary/aromatic N) is 1. The van der Waals surface area contributed by atoms with Crippen LogP contribution in [0.3, 0.4) is 0 Å². The molecule has 1 unspecified atom stereocenters. The second kappa shape index (κ2) is 6.74. The molecule has 1 aromatic heterocycles. The van der Waals surface area contributed by atoms with Crippen LogP contribution in [0.2, 0.25) is 0 Å². The minimum atomic E-state index is 0.426. The van der Waals surface area contributed by atoms with Gasteiger partial charge in [-0.2, -0.15) is 0 Å². The van der Waals surface area contributed by atoms with E-state index < -0.39 is 0 Å². The number of ether oxygens (including phenoxy) is 1. The van der Waals surface area contributed by atoms with Crippen LogP contribution in [0.4, 0.5) is 0 Å². The van der Waals surface area contributed by atoms with E-state index in [1.807, 2.05) is 6.26 Å². The molecule has 2 fully saturated rings. The summed E-state index contributed by atoms with van der Waals surface area (Å²) in [6, 6.07) is 2.84. The maximum absolute atomic E-state index is 5.74. The largest absolute Gasteiger partial charge is 0.468 e. The van der Waals surface area contributed by atoms with Crippen molar-refractivity contribution in [3.05, 3.63) is 23.7 Å². The monoisotopic (exact) mass is 278 g/mol. The molecule has 0 spiro atoms. The Kier molecular flexibility index (Phi) is 4.76. The van der Waals surface area contributed by atoms with Crippen LogP contribution in [-0.2, 0) is 17.8 Å². The van der Waals surface area contributed by atoms with E-state index in [-0.39, 0.29) is 0 Å². The average molecular weight is 278 g/mol. The lowest BCUT2D eigenvalue weighted by molar-refractivity contribution is 0.0723. The molecule has 0 amide bonds. The maximum Gasteiger partial charge on any atom is 0.122 e. The zero-order chi connectivity index (χ0) is 13.8. The molecule has 1 saturated carbocycles. The normalized spacial score (nSPS) is 22.8. The van der Waals surface area contributed by atoms with Gasteiger partial charge in [-0.15, -0.1) is 0 Å². The predicted octanol–water partition coefficient (Wildman–Crippen LogP) is 2.53. The Bertz CT molecular complexity index is 408. The number of rotatable bonds is 8. The third kappa shape index (κ3) is 3.84. The molecule has 1 aliphatic carbocycles. The average Bonchev–Trinajstić information content (AvgIpc) is 2.97. The molecule has 2 aliphatic rings. The zero-order valence-corrected chi connectivity index (χ0v) is 12.4. The summed E-state index contributed by atoms with van der Waals surface area (Å²) >= 11 is 0. The highest BCUT2D eigenvalue weighted by Gasteiger charge is 2.22. The second-order valence-corrected chi connectivity index (χ2v) is 5.99. The molecule has 4 nitrogen and oxygen atoms in total. The summed E-state index contributed by atoms with van der Waals surface area (Å²) < 4.78 is 11.4. The minimum Gasteiger partial charge on any atom is -0.468 e. The van der Waals surface area contributed by atoms with E-state index in [1.165, 1.54) is 31.2 Å². The Morgan fingerprint density at radius 3 is 2.95 bits per heavy atom. The molecular weight excluding hydrogens is 252 g/mol. The van der Waals surface area contributed by atoms with E-state index in [4.69, 9.17) is 9.15 Å². The van der Waals surface area contributed by atoms with E-state index in [9.17, 15) is 0 Å². The fourth-order valence-electron chi connectivity index (χ4n) is 2.81. The quantitative estimate of drug-likeness (QED) is 0.793. The lowest BCUT2D eigenvalue weighted by Crippen LogP contribution is -2.32. The summed E-state index contributed by atoms with van der Waals surface area (Å²) in [7, 11) is 0. The van der Waals surface area contributed by atoms with Gasteiger partial charge in [0.05, 0.1) is 18.9 Å². The first-order chi connectivity index (χ1) is 9.85. The molecule has 4 heteroatoms. The van der Waals surface area contributed by atoms with Crippen LogP contribution in [-0.4, -0.2) is 36.7 Å². The van der Waals surface area contributed by atoms with Crippen LogP contribution in [0, 0.1) is 0 Å². The van der Waals surface area contributed by atoms with Gasteiger partial charge in [0.25, 0.3) is 0 Å². The SMILES string of the molecule is CCN(Cc1ccoc1CNC1CC1)CC1CCCO1. The van der Waals surface area contributed by atoms with Gasteiger partial charge in [0.15, 0.2) is 0 Å². The standard InChI is InChI=1S/C16H26N2O2/c1-2-18(12-15-4-3-8-19-15)11-13-7-9-20-16(13)10-17-14-5-6-14/h7,9,14-15,17H,2-6,8,10-12H2,1H3. The second-order valence-electron chi connectivity index (χ2n) is 5.99. The van der Waals surface area contributed by atoms with Gasteiger partial charge in [0.1, 0.15) is 5.76 Å². The lowest BCUT2D eigenvalue weighted by Gasteiger charge is -2.23. The third-order valence-electron chi connectivity index (χ3n) is 4.29. The fraction of sp³-hybridized carbons (Fsp3) is 0.750. The molecule has 20 heavy (non-hydrogen) atoms. The van der Waals surface area contributed by atoms with E-state index in [0.717, 1.165) is 44.6 Å². The van der Waals surface area contributed by atoms with Crippen molar-refractivity contribution in [2.24, 2.45) is 0 Å². The molecule has 1 aromatic rings. The first-order valence-electron chi connectivity index (χ1n) is 7.97. The maximum atomic E-state index is 5.74. The Morgan fingerprint density at radius 2 is 2.25 bits per heavy atom. The van der Waals surface area contributed by atoms with Gasteiger partial charge in [-0.3, -0.25) is 4.90 Å². The van der Waals surface area contributed by atoms with Crippen LogP contribution >= 0.6 is 0 Å². The number of furan rings is 1. The van der Waals surface area contributed by atoms with Gasteiger partial charge in [-0.05, 0) is 38.3 Å². The zero-order valence-electron chi connectivity index (χ0n) is 12.4. The van der Waals surface area contributed by atoms with Gasteiger partial charge in [0.2, 0.25) is 0 Å². The van der Waals surface area contributed by atoms with Gasteiger partial charge < -0.3 is 14.5 Å². The van der Waals surface area contributed by atoms with Crippen molar-refractivity contribution in [2.45, 2.75) is 57.8 Å². The molecule has 0 bridgehead atoms. The highest BCUT2D eigenvalue weighted by atomic mass is 16.5. The molecule has 1 saturated heterocycles.